The summed E-state index contributed by atoms with van der Waals surface area (Å²) in [6, 6.07) is 7.33. The second-order valence-corrected chi connectivity index (χ2v) is 4.98. The smallest absolute Gasteiger partial charge is 0.416 e. The molecule has 1 aromatic heterocycles. The Balaban J connectivity index is 2.26. The minimum atomic E-state index is -4.47. The van der Waals surface area contributed by atoms with Crippen LogP contribution in [0.25, 0.3) is 11.3 Å². The van der Waals surface area contributed by atoms with Crippen molar-refractivity contribution in [2.45, 2.75) is 6.18 Å². The third kappa shape index (κ3) is 4.15. The van der Waals surface area contributed by atoms with Gasteiger partial charge in [-0.15, -0.1) is 0 Å². The molecule has 0 unspecified atom stereocenters. The number of carbonyl (C=O) groups excluding carboxylic acids is 1. The SMILES string of the molecule is O=C(c1ccc(-c2cccc(C(F)(F)F)c2)o1)N(CCO)CCO. The number of aliphatic hydroxyl groups is 2. The van der Waals surface area contributed by atoms with Gasteiger partial charge in [0.05, 0.1) is 18.8 Å². The molecular formula is C16H16F3NO4. The summed E-state index contributed by atoms with van der Waals surface area (Å²) in [6.07, 6.45) is -4.47. The Morgan fingerprint density at radius 1 is 1.08 bits per heavy atom. The van der Waals surface area contributed by atoms with Crippen LogP contribution in [-0.4, -0.2) is 47.3 Å². The molecule has 0 spiro atoms. The number of nitrogens with zero attached hydrogens (tertiary/aromatic N) is 1. The number of hydrogen-bond acceptors (Lipinski definition) is 4. The fourth-order valence-electron chi connectivity index (χ4n) is 2.17. The van der Waals surface area contributed by atoms with Crippen LogP contribution in [0, 0.1) is 0 Å². The first-order valence-electron chi connectivity index (χ1n) is 7.15. The van der Waals surface area contributed by atoms with Gasteiger partial charge in [-0.05, 0) is 24.3 Å². The fourth-order valence-corrected chi connectivity index (χ4v) is 2.17. The van der Waals surface area contributed by atoms with Gasteiger partial charge < -0.3 is 19.5 Å². The van der Waals surface area contributed by atoms with Gasteiger partial charge in [0, 0.05) is 18.7 Å². The highest BCUT2D eigenvalue weighted by molar-refractivity contribution is 5.92. The van der Waals surface area contributed by atoms with Crippen LogP contribution in [0.3, 0.4) is 0 Å². The zero-order valence-electron chi connectivity index (χ0n) is 12.6. The fraction of sp³-hybridized carbons (Fsp3) is 0.312. The molecule has 2 aromatic rings. The molecule has 0 fully saturated rings. The highest BCUT2D eigenvalue weighted by atomic mass is 19.4. The monoisotopic (exact) mass is 343 g/mol. The zero-order chi connectivity index (χ0) is 17.7. The Hall–Kier alpha value is -2.32. The van der Waals surface area contributed by atoms with Gasteiger partial charge in [0.2, 0.25) is 0 Å². The van der Waals surface area contributed by atoms with Crippen molar-refractivity contribution in [1.82, 2.24) is 4.90 Å². The molecule has 0 saturated carbocycles. The molecule has 1 amide bonds. The predicted molar refractivity (Wildman–Crippen MR) is 79.2 cm³/mol. The number of furan rings is 1. The number of carbonyl (C=O) groups is 1. The largest absolute Gasteiger partial charge is 0.451 e. The average molecular weight is 343 g/mol. The van der Waals surface area contributed by atoms with Crippen LogP contribution in [0.1, 0.15) is 16.1 Å². The molecule has 1 aromatic carbocycles. The quantitative estimate of drug-likeness (QED) is 0.845. The summed E-state index contributed by atoms with van der Waals surface area (Å²) in [4.78, 5) is 13.4. The Labute approximate surface area is 135 Å². The predicted octanol–water partition coefficient (Wildman–Crippen LogP) is 2.39. The summed E-state index contributed by atoms with van der Waals surface area (Å²) in [5, 5.41) is 17.9. The molecule has 0 aliphatic rings. The second kappa shape index (κ2) is 7.50. The zero-order valence-corrected chi connectivity index (χ0v) is 12.6. The minimum Gasteiger partial charge on any atom is -0.451 e. The molecule has 0 atom stereocenters. The maximum absolute atomic E-state index is 12.8. The minimum absolute atomic E-state index is 0.0129. The summed E-state index contributed by atoms with van der Waals surface area (Å²) in [5.74, 6) is -0.516. The van der Waals surface area contributed by atoms with Crippen molar-refractivity contribution in [1.29, 1.82) is 0 Å². The van der Waals surface area contributed by atoms with Crippen LogP contribution in [0.15, 0.2) is 40.8 Å². The second-order valence-electron chi connectivity index (χ2n) is 4.98. The number of benzene rings is 1. The lowest BCUT2D eigenvalue weighted by atomic mass is 10.1. The summed E-state index contributed by atoms with van der Waals surface area (Å²) in [5.41, 5.74) is -0.619. The van der Waals surface area contributed by atoms with Crippen molar-refractivity contribution in [2.75, 3.05) is 26.3 Å². The van der Waals surface area contributed by atoms with E-state index in [1.807, 2.05) is 0 Å². The van der Waals surface area contributed by atoms with E-state index in [1.54, 1.807) is 0 Å². The topological polar surface area (TPSA) is 73.9 Å². The van der Waals surface area contributed by atoms with Gasteiger partial charge in [-0.2, -0.15) is 13.2 Å². The number of hydrogen-bond donors (Lipinski definition) is 2. The van der Waals surface area contributed by atoms with Gasteiger partial charge in [0.25, 0.3) is 5.91 Å². The van der Waals surface area contributed by atoms with E-state index in [9.17, 15) is 18.0 Å². The van der Waals surface area contributed by atoms with Gasteiger partial charge in [-0.1, -0.05) is 12.1 Å². The number of rotatable bonds is 6. The molecule has 0 aliphatic heterocycles. The third-order valence-electron chi connectivity index (χ3n) is 3.32. The van der Waals surface area contributed by atoms with E-state index in [0.717, 1.165) is 12.1 Å². The molecule has 2 N–H and O–H groups in total. The standard InChI is InChI=1S/C16H16F3NO4/c17-16(18,19)12-3-1-2-11(10-12)13-4-5-14(24-13)15(23)20(6-8-21)7-9-22/h1-5,10,21-22H,6-9H2. The first kappa shape index (κ1) is 18.0. The molecule has 130 valence electrons. The van der Waals surface area contributed by atoms with Gasteiger partial charge in [0.15, 0.2) is 5.76 Å². The molecule has 24 heavy (non-hydrogen) atoms. The van der Waals surface area contributed by atoms with Crippen LogP contribution in [0.4, 0.5) is 13.2 Å². The highest BCUT2D eigenvalue weighted by Gasteiger charge is 2.30. The molecular weight excluding hydrogens is 327 g/mol. The molecule has 0 bridgehead atoms. The molecule has 1 heterocycles. The van der Waals surface area contributed by atoms with E-state index in [4.69, 9.17) is 14.6 Å². The van der Waals surface area contributed by atoms with Gasteiger partial charge in [-0.3, -0.25) is 4.79 Å². The third-order valence-corrected chi connectivity index (χ3v) is 3.32. The van der Waals surface area contributed by atoms with Crippen molar-refractivity contribution < 1.29 is 32.6 Å². The Morgan fingerprint density at radius 3 is 2.33 bits per heavy atom. The lowest BCUT2D eigenvalue weighted by molar-refractivity contribution is -0.137. The summed E-state index contributed by atoms with van der Waals surface area (Å²) < 4.78 is 43.6. The van der Waals surface area contributed by atoms with Crippen molar-refractivity contribution >= 4 is 5.91 Å². The number of alkyl halides is 3. The Morgan fingerprint density at radius 2 is 1.75 bits per heavy atom. The first-order chi connectivity index (χ1) is 11.4. The average Bonchev–Trinajstić information content (AvgIpc) is 3.03. The van der Waals surface area contributed by atoms with E-state index in [2.05, 4.69) is 0 Å². The van der Waals surface area contributed by atoms with Gasteiger partial charge >= 0.3 is 6.18 Å². The van der Waals surface area contributed by atoms with E-state index in [0.29, 0.717) is 0 Å². The lowest BCUT2D eigenvalue weighted by Crippen LogP contribution is -2.35. The number of amides is 1. The van der Waals surface area contributed by atoms with Crippen LogP contribution in [0.5, 0.6) is 0 Å². The van der Waals surface area contributed by atoms with Gasteiger partial charge in [0.1, 0.15) is 5.76 Å². The van der Waals surface area contributed by atoms with Crippen molar-refractivity contribution in [2.24, 2.45) is 0 Å². The van der Waals surface area contributed by atoms with Gasteiger partial charge in [-0.25, -0.2) is 0 Å². The molecule has 5 nitrogen and oxygen atoms in total. The summed E-state index contributed by atoms with van der Waals surface area (Å²) in [7, 11) is 0. The molecule has 0 saturated heterocycles. The Bertz CT molecular complexity index is 691. The van der Waals surface area contributed by atoms with Crippen LogP contribution in [0.2, 0.25) is 0 Å². The van der Waals surface area contributed by atoms with E-state index in [1.165, 1.54) is 29.2 Å². The van der Waals surface area contributed by atoms with E-state index >= 15 is 0 Å². The first-order valence-corrected chi connectivity index (χ1v) is 7.15. The number of halogens is 3. The molecule has 0 radical (unpaired) electrons. The Kier molecular flexibility index (Phi) is 5.63. The highest BCUT2D eigenvalue weighted by Crippen LogP contribution is 2.32. The van der Waals surface area contributed by atoms with Crippen molar-refractivity contribution in [3.8, 4) is 11.3 Å². The van der Waals surface area contributed by atoms with E-state index in [-0.39, 0.29) is 43.4 Å². The molecule has 8 heteroatoms. The molecule has 0 aliphatic carbocycles. The van der Waals surface area contributed by atoms with Crippen LogP contribution >= 0.6 is 0 Å². The maximum Gasteiger partial charge on any atom is 0.416 e. The van der Waals surface area contributed by atoms with Crippen LogP contribution in [-0.2, 0) is 6.18 Å². The van der Waals surface area contributed by atoms with E-state index < -0.39 is 17.6 Å². The summed E-state index contributed by atoms with van der Waals surface area (Å²) in [6.45, 7) is -0.544. The maximum atomic E-state index is 12.8. The lowest BCUT2D eigenvalue weighted by Gasteiger charge is -2.19. The number of aliphatic hydroxyl groups excluding tert-OH is 2. The van der Waals surface area contributed by atoms with Crippen molar-refractivity contribution in [3.05, 3.63) is 47.7 Å². The summed E-state index contributed by atoms with van der Waals surface area (Å²) >= 11 is 0. The van der Waals surface area contributed by atoms with Crippen molar-refractivity contribution in [3.63, 3.8) is 0 Å². The normalized spacial score (nSPS) is 11.5. The molecule has 2 rings (SSSR count). The van der Waals surface area contributed by atoms with Crippen LogP contribution < -0.4 is 0 Å².